The number of carbonyl (C=O) groups excluding carboxylic acids is 2. The topological polar surface area (TPSA) is 80.3 Å². The van der Waals surface area contributed by atoms with Crippen molar-refractivity contribution in [2.45, 2.75) is 39.3 Å². The van der Waals surface area contributed by atoms with Crippen LogP contribution in [-0.2, 0) is 33.3 Å². The van der Waals surface area contributed by atoms with Gasteiger partial charge in [0.25, 0.3) is 11.6 Å². The first-order valence-electron chi connectivity index (χ1n) is 6.92. The quantitative estimate of drug-likeness (QED) is 0.291. The molecule has 7 nitrogen and oxygen atoms in total. The molecule has 0 bridgehead atoms. The Labute approximate surface area is 137 Å². The number of hydrogen-bond acceptors (Lipinski definition) is 7. The van der Waals surface area contributed by atoms with Gasteiger partial charge in [-0.3, -0.25) is 0 Å². The van der Waals surface area contributed by atoms with Crippen LogP contribution < -0.4 is 0 Å². The van der Waals surface area contributed by atoms with Gasteiger partial charge in [0.1, 0.15) is 0 Å². The fraction of sp³-hybridized carbons (Fsp3) is 0.625. The summed E-state index contributed by atoms with van der Waals surface area (Å²) in [6.45, 7) is 7.00. The van der Waals surface area contributed by atoms with E-state index in [-0.39, 0.29) is 0 Å². The average Bonchev–Trinajstić information content (AvgIpc) is 2.49. The van der Waals surface area contributed by atoms with Crippen molar-refractivity contribution in [3.63, 3.8) is 0 Å². The van der Waals surface area contributed by atoms with Gasteiger partial charge in [-0.2, -0.15) is 0 Å². The molecule has 0 aromatic carbocycles. The molecule has 0 unspecified atom stereocenters. The lowest BCUT2D eigenvalue weighted by Crippen LogP contribution is -2.49. The minimum Gasteiger partial charge on any atom is -0.384 e. The molecule has 0 aliphatic heterocycles. The van der Waals surface area contributed by atoms with E-state index in [1.54, 1.807) is 27.7 Å². The second-order valence-electron chi connectivity index (χ2n) is 5.27. The predicted molar refractivity (Wildman–Crippen MR) is 83.5 cm³/mol. The van der Waals surface area contributed by atoms with Gasteiger partial charge in [-0.25, -0.2) is 9.59 Å². The molecule has 0 aromatic rings. The van der Waals surface area contributed by atoms with Gasteiger partial charge in [0.2, 0.25) is 0 Å². The molecular formula is C16H26O7. The predicted octanol–water partition coefficient (Wildman–Crippen LogP) is 1.97. The molecule has 0 aliphatic rings. The van der Waals surface area contributed by atoms with Gasteiger partial charge in [-0.05, 0) is 39.8 Å². The molecule has 0 spiro atoms. The second-order valence-corrected chi connectivity index (χ2v) is 5.27. The molecule has 0 fully saturated rings. The van der Waals surface area contributed by atoms with Gasteiger partial charge in [0, 0.05) is 28.4 Å². The molecule has 0 N–H and O–H groups in total. The Balaban J connectivity index is 5.60. The summed E-state index contributed by atoms with van der Waals surface area (Å²) >= 11 is 0. The molecule has 0 radical (unpaired) electrons. The summed E-state index contributed by atoms with van der Waals surface area (Å²) < 4.78 is 25.3. The fourth-order valence-corrected chi connectivity index (χ4v) is 1.84. The van der Waals surface area contributed by atoms with E-state index in [1.165, 1.54) is 40.6 Å². The minimum atomic E-state index is -1.83. The SMILES string of the molecule is COC(C=C(C)C)(OC)C(=O)OC(=O)C(C=C(C)C)(OC)OC. The number of allylic oxidation sites excluding steroid dienone is 2. The zero-order valence-corrected chi connectivity index (χ0v) is 15.0. The third kappa shape index (κ3) is 5.24. The highest BCUT2D eigenvalue weighted by molar-refractivity contribution is 5.94. The fourth-order valence-electron chi connectivity index (χ4n) is 1.84. The molecule has 0 amide bonds. The number of esters is 2. The van der Waals surface area contributed by atoms with Crippen LogP contribution in [-0.4, -0.2) is 52.0 Å². The summed E-state index contributed by atoms with van der Waals surface area (Å²) in [4.78, 5) is 24.7. The van der Waals surface area contributed by atoms with Gasteiger partial charge >= 0.3 is 11.9 Å². The van der Waals surface area contributed by atoms with E-state index in [9.17, 15) is 9.59 Å². The lowest BCUT2D eigenvalue weighted by Gasteiger charge is -2.29. The number of ether oxygens (including phenoxy) is 5. The van der Waals surface area contributed by atoms with Crippen molar-refractivity contribution in [2.75, 3.05) is 28.4 Å². The van der Waals surface area contributed by atoms with E-state index in [0.29, 0.717) is 0 Å². The lowest BCUT2D eigenvalue weighted by atomic mass is 10.1. The van der Waals surface area contributed by atoms with Crippen molar-refractivity contribution < 1.29 is 33.3 Å². The highest BCUT2D eigenvalue weighted by atomic mass is 16.7. The molecule has 0 aromatic heterocycles. The van der Waals surface area contributed by atoms with E-state index in [1.807, 2.05) is 0 Å². The van der Waals surface area contributed by atoms with E-state index in [0.717, 1.165) is 11.1 Å². The summed E-state index contributed by atoms with van der Waals surface area (Å²) in [5.41, 5.74) is 1.49. The first kappa shape index (κ1) is 21.5. The average molecular weight is 330 g/mol. The van der Waals surface area contributed by atoms with Crippen LogP contribution in [0.3, 0.4) is 0 Å². The lowest BCUT2D eigenvalue weighted by molar-refractivity contribution is -0.230. The monoisotopic (exact) mass is 330 g/mol. The Kier molecular flexibility index (Phi) is 8.33. The van der Waals surface area contributed by atoms with Crippen molar-refractivity contribution in [2.24, 2.45) is 0 Å². The highest BCUT2D eigenvalue weighted by Crippen LogP contribution is 2.22. The van der Waals surface area contributed by atoms with Gasteiger partial charge < -0.3 is 23.7 Å². The molecular weight excluding hydrogens is 304 g/mol. The second kappa shape index (κ2) is 8.93. The van der Waals surface area contributed by atoms with E-state index >= 15 is 0 Å². The summed E-state index contributed by atoms with van der Waals surface area (Å²) in [5.74, 6) is -5.72. The largest absolute Gasteiger partial charge is 0.384 e. The van der Waals surface area contributed by atoms with Gasteiger partial charge in [-0.1, -0.05) is 11.1 Å². The minimum absolute atomic E-state index is 0.743. The molecule has 132 valence electrons. The van der Waals surface area contributed by atoms with Gasteiger partial charge in [-0.15, -0.1) is 0 Å². The summed E-state index contributed by atoms with van der Waals surface area (Å²) in [6.07, 6.45) is 2.82. The number of hydrogen-bond donors (Lipinski definition) is 0. The van der Waals surface area contributed by atoms with Gasteiger partial charge in [0.15, 0.2) is 0 Å². The maximum absolute atomic E-state index is 12.4. The molecule has 0 saturated heterocycles. The summed E-state index contributed by atoms with van der Waals surface area (Å²) in [5, 5.41) is 0. The van der Waals surface area contributed by atoms with Crippen molar-refractivity contribution >= 4 is 11.9 Å². The highest BCUT2D eigenvalue weighted by Gasteiger charge is 2.46. The molecule has 0 aliphatic carbocycles. The normalized spacial score (nSPS) is 11.7. The number of carbonyl (C=O) groups is 2. The smallest absolute Gasteiger partial charge is 0.379 e. The van der Waals surface area contributed by atoms with E-state index < -0.39 is 23.5 Å². The Morgan fingerprint density at radius 2 is 0.913 bits per heavy atom. The molecule has 0 heterocycles. The Morgan fingerprint density at radius 3 is 1.09 bits per heavy atom. The first-order chi connectivity index (χ1) is 10.6. The van der Waals surface area contributed by atoms with Crippen molar-refractivity contribution in [3.8, 4) is 0 Å². The molecule has 23 heavy (non-hydrogen) atoms. The maximum atomic E-state index is 12.4. The van der Waals surface area contributed by atoms with Crippen molar-refractivity contribution in [1.29, 1.82) is 0 Å². The molecule has 0 atom stereocenters. The third-order valence-electron chi connectivity index (χ3n) is 2.92. The van der Waals surface area contributed by atoms with Crippen LogP contribution in [0.1, 0.15) is 27.7 Å². The first-order valence-corrected chi connectivity index (χ1v) is 6.92. The Bertz CT molecular complexity index is 431. The number of rotatable bonds is 8. The zero-order valence-electron chi connectivity index (χ0n) is 15.0. The van der Waals surface area contributed by atoms with Crippen LogP contribution in [0.25, 0.3) is 0 Å². The van der Waals surface area contributed by atoms with Crippen LogP contribution >= 0.6 is 0 Å². The molecule has 7 heteroatoms. The molecule has 0 rings (SSSR count). The number of methoxy groups -OCH3 is 4. The van der Waals surface area contributed by atoms with Crippen LogP contribution in [0, 0.1) is 0 Å². The summed E-state index contributed by atoms with van der Waals surface area (Å²) in [7, 11) is 5.07. The Morgan fingerprint density at radius 1 is 0.652 bits per heavy atom. The van der Waals surface area contributed by atoms with E-state index in [4.69, 9.17) is 23.7 Å². The van der Waals surface area contributed by atoms with Crippen LogP contribution in [0.15, 0.2) is 23.3 Å². The van der Waals surface area contributed by atoms with Crippen LogP contribution in [0.4, 0.5) is 0 Å². The van der Waals surface area contributed by atoms with Crippen molar-refractivity contribution in [3.05, 3.63) is 23.3 Å². The molecule has 0 saturated carbocycles. The maximum Gasteiger partial charge on any atom is 0.379 e. The van der Waals surface area contributed by atoms with Crippen LogP contribution in [0.5, 0.6) is 0 Å². The standard InChI is InChI=1S/C16H26O7/c1-11(2)9-15(19-5,20-6)13(17)23-14(18)16(21-7,22-8)10-12(3)4/h9-10H,1-8H3. The van der Waals surface area contributed by atoms with Gasteiger partial charge in [0.05, 0.1) is 0 Å². The Hall–Kier alpha value is -1.54. The zero-order chi connectivity index (χ0) is 18.3. The van der Waals surface area contributed by atoms with E-state index in [2.05, 4.69) is 0 Å². The summed E-state index contributed by atoms with van der Waals surface area (Å²) in [6, 6.07) is 0. The van der Waals surface area contributed by atoms with Crippen molar-refractivity contribution in [1.82, 2.24) is 0 Å². The third-order valence-corrected chi connectivity index (χ3v) is 2.92. The van der Waals surface area contributed by atoms with Crippen LogP contribution in [0.2, 0.25) is 0 Å².